The fourth-order valence-corrected chi connectivity index (χ4v) is 3.10. The Morgan fingerprint density at radius 1 is 1.33 bits per heavy atom. The van der Waals surface area contributed by atoms with Crippen LogP contribution >= 0.6 is 11.3 Å². The molecule has 0 radical (unpaired) electrons. The molecule has 0 saturated carbocycles. The van der Waals surface area contributed by atoms with Gasteiger partial charge in [-0.05, 0) is 19.3 Å². The second-order valence-corrected chi connectivity index (χ2v) is 6.01. The van der Waals surface area contributed by atoms with Gasteiger partial charge in [-0.1, -0.05) is 30.3 Å². The van der Waals surface area contributed by atoms with Gasteiger partial charge in [0.25, 0.3) is 0 Å². The molecule has 1 aromatic carbocycles. The van der Waals surface area contributed by atoms with Crippen molar-refractivity contribution in [2.75, 3.05) is 6.61 Å². The standard InChI is InChI=1S/C16H18N2O2S/c19-16(14-8-4-5-9-20-14)17-10-15-18-13(11-21-15)12-6-2-1-3-7-12/h1-3,6-7,11,14H,4-5,8-10H2,(H,17,19)/t14-/m1/s1. The van der Waals surface area contributed by atoms with E-state index in [9.17, 15) is 4.79 Å². The summed E-state index contributed by atoms with van der Waals surface area (Å²) in [5.41, 5.74) is 2.06. The number of carbonyl (C=O) groups is 1. The fraction of sp³-hybridized carbons (Fsp3) is 0.375. The molecule has 21 heavy (non-hydrogen) atoms. The maximum atomic E-state index is 12.0. The molecule has 0 spiro atoms. The van der Waals surface area contributed by atoms with E-state index in [0.29, 0.717) is 13.2 Å². The highest BCUT2D eigenvalue weighted by atomic mass is 32.1. The molecule has 5 heteroatoms. The molecule has 3 rings (SSSR count). The zero-order valence-corrected chi connectivity index (χ0v) is 12.6. The number of nitrogens with one attached hydrogen (secondary N) is 1. The average Bonchev–Trinajstić information content (AvgIpc) is 3.03. The Hall–Kier alpha value is -1.72. The first-order valence-electron chi connectivity index (χ1n) is 7.22. The van der Waals surface area contributed by atoms with Crippen LogP contribution in [0.3, 0.4) is 0 Å². The molecule has 110 valence electrons. The first-order valence-corrected chi connectivity index (χ1v) is 8.10. The van der Waals surface area contributed by atoms with E-state index in [2.05, 4.69) is 10.3 Å². The minimum Gasteiger partial charge on any atom is -0.368 e. The highest BCUT2D eigenvalue weighted by Crippen LogP contribution is 2.21. The molecular weight excluding hydrogens is 284 g/mol. The van der Waals surface area contributed by atoms with Gasteiger partial charge in [0.2, 0.25) is 5.91 Å². The van der Waals surface area contributed by atoms with Crippen molar-refractivity contribution in [2.45, 2.75) is 31.9 Å². The van der Waals surface area contributed by atoms with E-state index < -0.39 is 0 Å². The first-order chi connectivity index (χ1) is 10.3. The topological polar surface area (TPSA) is 51.2 Å². The van der Waals surface area contributed by atoms with Crippen molar-refractivity contribution in [3.8, 4) is 11.3 Å². The van der Waals surface area contributed by atoms with Crippen molar-refractivity contribution >= 4 is 17.2 Å². The van der Waals surface area contributed by atoms with Crippen LogP contribution in [0.15, 0.2) is 35.7 Å². The zero-order valence-electron chi connectivity index (χ0n) is 11.7. The largest absolute Gasteiger partial charge is 0.368 e. The van der Waals surface area contributed by atoms with Crippen LogP contribution in [-0.4, -0.2) is 23.6 Å². The Morgan fingerprint density at radius 3 is 2.95 bits per heavy atom. The number of hydrogen-bond acceptors (Lipinski definition) is 4. The van der Waals surface area contributed by atoms with E-state index in [1.165, 1.54) is 0 Å². The van der Waals surface area contributed by atoms with E-state index in [1.807, 2.05) is 35.7 Å². The van der Waals surface area contributed by atoms with E-state index in [4.69, 9.17) is 4.74 Å². The minimum atomic E-state index is -0.285. The lowest BCUT2D eigenvalue weighted by atomic mass is 10.1. The molecule has 2 aromatic rings. The van der Waals surface area contributed by atoms with Gasteiger partial charge in [-0.15, -0.1) is 11.3 Å². The lowest BCUT2D eigenvalue weighted by Gasteiger charge is -2.21. The summed E-state index contributed by atoms with van der Waals surface area (Å²) in [5.74, 6) is -0.0221. The molecular formula is C16H18N2O2S. The van der Waals surface area contributed by atoms with Crippen LogP contribution in [-0.2, 0) is 16.1 Å². The lowest BCUT2D eigenvalue weighted by molar-refractivity contribution is -0.135. The molecule has 2 heterocycles. The predicted octanol–water partition coefficient (Wildman–Crippen LogP) is 3.00. The molecule has 1 N–H and O–H groups in total. The molecule has 0 aliphatic carbocycles. The fourth-order valence-electron chi connectivity index (χ4n) is 2.36. The highest BCUT2D eigenvalue weighted by Gasteiger charge is 2.21. The Morgan fingerprint density at radius 2 is 2.19 bits per heavy atom. The van der Waals surface area contributed by atoms with Gasteiger partial charge in [-0.3, -0.25) is 4.79 Å². The third-order valence-electron chi connectivity index (χ3n) is 3.51. The number of hydrogen-bond donors (Lipinski definition) is 1. The Balaban J connectivity index is 1.56. The van der Waals surface area contributed by atoms with E-state index >= 15 is 0 Å². The molecule has 1 aromatic heterocycles. The molecule has 0 unspecified atom stereocenters. The molecule has 1 atom stereocenters. The Kier molecular flexibility index (Phi) is 4.62. The van der Waals surface area contributed by atoms with Crippen molar-refractivity contribution in [3.63, 3.8) is 0 Å². The number of aromatic nitrogens is 1. The van der Waals surface area contributed by atoms with Gasteiger partial charge in [0.15, 0.2) is 0 Å². The van der Waals surface area contributed by atoms with Crippen LogP contribution in [0.2, 0.25) is 0 Å². The van der Waals surface area contributed by atoms with Crippen LogP contribution in [0, 0.1) is 0 Å². The molecule has 4 nitrogen and oxygen atoms in total. The number of thiazole rings is 1. The zero-order chi connectivity index (χ0) is 14.5. The maximum absolute atomic E-state index is 12.0. The van der Waals surface area contributed by atoms with Crippen molar-refractivity contribution in [1.82, 2.24) is 10.3 Å². The molecule has 1 fully saturated rings. The van der Waals surface area contributed by atoms with Crippen LogP contribution in [0.4, 0.5) is 0 Å². The first kappa shape index (κ1) is 14.2. The average molecular weight is 302 g/mol. The van der Waals surface area contributed by atoms with E-state index in [1.54, 1.807) is 11.3 Å². The monoisotopic (exact) mass is 302 g/mol. The van der Waals surface area contributed by atoms with Crippen LogP contribution < -0.4 is 5.32 Å². The molecule has 1 saturated heterocycles. The van der Waals surface area contributed by atoms with E-state index in [0.717, 1.165) is 35.5 Å². The lowest BCUT2D eigenvalue weighted by Crippen LogP contribution is -2.37. The van der Waals surface area contributed by atoms with Crippen molar-refractivity contribution in [3.05, 3.63) is 40.7 Å². The van der Waals surface area contributed by atoms with Gasteiger partial charge in [0.1, 0.15) is 11.1 Å². The summed E-state index contributed by atoms with van der Waals surface area (Å²) in [4.78, 5) is 16.5. The minimum absolute atomic E-state index is 0.0221. The summed E-state index contributed by atoms with van der Waals surface area (Å²) in [6, 6.07) is 10.1. The van der Waals surface area contributed by atoms with Gasteiger partial charge in [-0.2, -0.15) is 0 Å². The van der Waals surface area contributed by atoms with Crippen LogP contribution in [0.5, 0.6) is 0 Å². The van der Waals surface area contributed by atoms with Crippen LogP contribution in [0.1, 0.15) is 24.3 Å². The number of nitrogens with zero attached hydrogens (tertiary/aromatic N) is 1. The van der Waals surface area contributed by atoms with Gasteiger partial charge in [-0.25, -0.2) is 4.98 Å². The third kappa shape index (κ3) is 3.68. The third-order valence-corrected chi connectivity index (χ3v) is 4.36. The number of ether oxygens (including phenoxy) is 1. The van der Waals surface area contributed by atoms with Crippen molar-refractivity contribution in [2.24, 2.45) is 0 Å². The quantitative estimate of drug-likeness (QED) is 0.944. The van der Waals surface area contributed by atoms with Gasteiger partial charge in [0.05, 0.1) is 12.2 Å². The number of carbonyl (C=O) groups excluding carboxylic acids is 1. The SMILES string of the molecule is O=C(NCc1nc(-c2ccccc2)cs1)[C@H]1CCCCO1. The number of amides is 1. The summed E-state index contributed by atoms with van der Waals surface area (Å²) < 4.78 is 5.47. The number of rotatable bonds is 4. The van der Waals surface area contributed by atoms with Gasteiger partial charge >= 0.3 is 0 Å². The normalized spacial score (nSPS) is 18.4. The van der Waals surface area contributed by atoms with Gasteiger partial charge < -0.3 is 10.1 Å². The molecule has 1 aliphatic rings. The van der Waals surface area contributed by atoms with E-state index in [-0.39, 0.29) is 12.0 Å². The Labute approximate surface area is 128 Å². The smallest absolute Gasteiger partial charge is 0.249 e. The summed E-state index contributed by atoms with van der Waals surface area (Å²) >= 11 is 1.57. The highest BCUT2D eigenvalue weighted by molar-refractivity contribution is 7.09. The second-order valence-electron chi connectivity index (χ2n) is 5.07. The van der Waals surface area contributed by atoms with Crippen LogP contribution in [0.25, 0.3) is 11.3 Å². The summed E-state index contributed by atoms with van der Waals surface area (Å²) in [6.07, 6.45) is 2.65. The summed E-state index contributed by atoms with van der Waals surface area (Å²) in [6.45, 7) is 1.16. The Bertz CT molecular complexity index is 591. The number of benzene rings is 1. The van der Waals surface area contributed by atoms with Crippen molar-refractivity contribution in [1.29, 1.82) is 0 Å². The molecule has 1 aliphatic heterocycles. The predicted molar refractivity (Wildman–Crippen MR) is 83.0 cm³/mol. The molecule has 1 amide bonds. The molecule has 0 bridgehead atoms. The second kappa shape index (κ2) is 6.83. The summed E-state index contributed by atoms with van der Waals surface area (Å²) in [5, 5.41) is 5.85. The summed E-state index contributed by atoms with van der Waals surface area (Å²) in [7, 11) is 0. The van der Waals surface area contributed by atoms with Crippen molar-refractivity contribution < 1.29 is 9.53 Å². The van der Waals surface area contributed by atoms with Gasteiger partial charge in [0, 0.05) is 17.6 Å². The maximum Gasteiger partial charge on any atom is 0.249 e.